The van der Waals surface area contributed by atoms with Crippen LogP contribution in [0.3, 0.4) is 0 Å². The molecular formula is C20H23N3O4. The Kier molecular flexibility index (Phi) is 4.59. The summed E-state index contributed by atoms with van der Waals surface area (Å²) in [6, 6.07) is 7.76. The van der Waals surface area contributed by atoms with Gasteiger partial charge in [-0.25, -0.2) is 0 Å². The number of fused-ring (bicyclic) bond motifs is 1. The van der Waals surface area contributed by atoms with Crippen LogP contribution in [-0.4, -0.2) is 41.1 Å². The zero-order chi connectivity index (χ0) is 19.0. The van der Waals surface area contributed by atoms with E-state index < -0.39 is 0 Å². The summed E-state index contributed by atoms with van der Waals surface area (Å²) >= 11 is 0. The molecule has 2 N–H and O–H groups in total. The summed E-state index contributed by atoms with van der Waals surface area (Å²) in [6.45, 7) is 3.16. The van der Waals surface area contributed by atoms with E-state index in [1.165, 1.54) is 0 Å². The summed E-state index contributed by atoms with van der Waals surface area (Å²) < 4.78 is 11.2. The van der Waals surface area contributed by atoms with Gasteiger partial charge in [-0.1, -0.05) is 5.16 Å². The summed E-state index contributed by atoms with van der Waals surface area (Å²) in [5.41, 5.74) is 8.04. The Morgan fingerprint density at radius 1 is 1.26 bits per heavy atom. The normalized spacial score (nSPS) is 19.6. The molecule has 2 amide bonds. The van der Waals surface area contributed by atoms with Crippen LogP contribution < -0.4 is 10.5 Å². The van der Waals surface area contributed by atoms with Gasteiger partial charge < -0.3 is 19.9 Å². The lowest BCUT2D eigenvalue weighted by Crippen LogP contribution is -2.42. The molecule has 0 unspecified atom stereocenters. The van der Waals surface area contributed by atoms with Gasteiger partial charge in [-0.15, -0.1) is 0 Å². The molecule has 2 aliphatic heterocycles. The fourth-order valence-electron chi connectivity index (χ4n) is 3.79. The van der Waals surface area contributed by atoms with Crippen molar-refractivity contribution in [3.05, 3.63) is 35.5 Å². The number of likely N-dealkylation sites (tertiary alicyclic amines) is 1. The lowest BCUT2D eigenvalue weighted by molar-refractivity contribution is -0.134. The molecule has 7 heteroatoms. The number of primary amides is 1. The molecule has 0 aliphatic carbocycles. The summed E-state index contributed by atoms with van der Waals surface area (Å²) in [6.07, 6.45) is 2.51. The molecule has 1 fully saturated rings. The summed E-state index contributed by atoms with van der Waals surface area (Å²) in [5, 5.41) is 4.05. The molecule has 3 heterocycles. The molecule has 0 spiro atoms. The molecule has 2 aromatic rings. The molecule has 4 rings (SSSR count). The first-order valence-electron chi connectivity index (χ1n) is 9.32. The van der Waals surface area contributed by atoms with Crippen LogP contribution in [0.15, 0.2) is 28.8 Å². The van der Waals surface area contributed by atoms with Crippen molar-refractivity contribution >= 4 is 11.8 Å². The highest BCUT2D eigenvalue weighted by Crippen LogP contribution is 2.33. The number of benzene rings is 1. The second-order valence-electron chi connectivity index (χ2n) is 7.37. The van der Waals surface area contributed by atoms with Gasteiger partial charge in [-0.2, -0.15) is 0 Å². The van der Waals surface area contributed by atoms with Crippen molar-refractivity contribution in [3.8, 4) is 17.1 Å². The number of amides is 2. The zero-order valence-corrected chi connectivity index (χ0v) is 15.3. The molecule has 142 valence electrons. The number of nitrogens with two attached hydrogens (primary N) is 1. The van der Waals surface area contributed by atoms with Crippen molar-refractivity contribution in [2.45, 2.75) is 38.7 Å². The maximum Gasteiger partial charge on any atom is 0.228 e. The zero-order valence-electron chi connectivity index (χ0n) is 15.3. The van der Waals surface area contributed by atoms with Crippen molar-refractivity contribution in [3.63, 3.8) is 0 Å². The van der Waals surface area contributed by atoms with E-state index in [-0.39, 0.29) is 30.3 Å². The maximum atomic E-state index is 12.5. The average Bonchev–Trinajstić information content (AvgIpc) is 3.26. The number of nitrogens with zero attached hydrogens (tertiary/aromatic N) is 2. The summed E-state index contributed by atoms with van der Waals surface area (Å²) in [5.74, 6) is 1.15. The van der Waals surface area contributed by atoms with E-state index in [4.69, 9.17) is 15.0 Å². The Balaban J connectivity index is 1.39. The second-order valence-corrected chi connectivity index (χ2v) is 7.37. The van der Waals surface area contributed by atoms with Crippen LogP contribution in [0.4, 0.5) is 0 Å². The van der Waals surface area contributed by atoms with Gasteiger partial charge in [0.1, 0.15) is 11.9 Å². The molecule has 1 atom stereocenters. The quantitative estimate of drug-likeness (QED) is 0.888. The summed E-state index contributed by atoms with van der Waals surface area (Å²) in [4.78, 5) is 25.5. The molecule has 1 aromatic heterocycles. The van der Waals surface area contributed by atoms with Crippen molar-refractivity contribution in [1.82, 2.24) is 10.1 Å². The highest BCUT2D eigenvalue weighted by molar-refractivity contribution is 5.80. The number of carbonyl (C=O) groups is 2. The second kappa shape index (κ2) is 7.06. The Hall–Kier alpha value is -2.83. The number of ether oxygens (including phenoxy) is 1. The standard InChI is InChI=1S/C20H23N3O4/c1-12-8-15-9-14(2-3-17(15)26-12)18-10-16(22-27-18)11-19(24)23-6-4-13(5-7-23)20(21)25/h2-3,9-10,12-13H,4-8,11H2,1H3,(H2,21,25)/t12-/m0/s1. The molecule has 7 nitrogen and oxygen atoms in total. The monoisotopic (exact) mass is 369 g/mol. The van der Waals surface area contributed by atoms with Crippen molar-refractivity contribution < 1.29 is 18.8 Å². The first kappa shape index (κ1) is 17.6. The largest absolute Gasteiger partial charge is 0.490 e. The Bertz CT molecular complexity index is 868. The first-order chi connectivity index (χ1) is 13.0. The van der Waals surface area contributed by atoms with Crippen molar-refractivity contribution in [2.24, 2.45) is 11.7 Å². The Labute approximate surface area is 157 Å². The Morgan fingerprint density at radius 3 is 2.78 bits per heavy atom. The molecule has 0 saturated carbocycles. The lowest BCUT2D eigenvalue weighted by Gasteiger charge is -2.30. The minimum absolute atomic E-state index is 0.00560. The SMILES string of the molecule is C[C@H]1Cc2cc(-c3cc(CC(=O)N4CCC(C(N)=O)CC4)no3)ccc2O1. The van der Waals surface area contributed by atoms with E-state index in [1.54, 1.807) is 4.90 Å². The molecule has 1 aromatic carbocycles. The van der Waals surface area contributed by atoms with Gasteiger partial charge in [-0.3, -0.25) is 9.59 Å². The van der Waals surface area contributed by atoms with Crippen LogP contribution in [0.2, 0.25) is 0 Å². The molecular weight excluding hydrogens is 346 g/mol. The van der Waals surface area contributed by atoms with E-state index >= 15 is 0 Å². The number of piperidine rings is 1. The topological polar surface area (TPSA) is 98.7 Å². The predicted molar refractivity (Wildman–Crippen MR) is 97.9 cm³/mol. The number of rotatable bonds is 4. The number of hydrogen-bond acceptors (Lipinski definition) is 5. The smallest absolute Gasteiger partial charge is 0.228 e. The van der Waals surface area contributed by atoms with Gasteiger partial charge in [-0.05, 0) is 43.5 Å². The molecule has 0 bridgehead atoms. The van der Waals surface area contributed by atoms with Gasteiger partial charge in [0.25, 0.3) is 0 Å². The average molecular weight is 369 g/mol. The highest BCUT2D eigenvalue weighted by atomic mass is 16.5. The molecule has 2 aliphatic rings. The van der Waals surface area contributed by atoms with Gasteiger partial charge in [0, 0.05) is 37.1 Å². The first-order valence-corrected chi connectivity index (χ1v) is 9.32. The van der Waals surface area contributed by atoms with E-state index in [1.807, 2.05) is 25.1 Å². The van der Waals surface area contributed by atoms with E-state index in [9.17, 15) is 9.59 Å². The van der Waals surface area contributed by atoms with Gasteiger partial charge >= 0.3 is 0 Å². The van der Waals surface area contributed by atoms with E-state index in [0.717, 1.165) is 23.3 Å². The van der Waals surface area contributed by atoms with Gasteiger partial charge in [0.2, 0.25) is 11.8 Å². The third-order valence-corrected chi connectivity index (χ3v) is 5.32. The fraction of sp³-hybridized carbons (Fsp3) is 0.450. The lowest BCUT2D eigenvalue weighted by atomic mass is 9.96. The number of aromatic nitrogens is 1. The van der Waals surface area contributed by atoms with Crippen LogP contribution in [0.1, 0.15) is 31.0 Å². The van der Waals surface area contributed by atoms with Crippen LogP contribution in [0.25, 0.3) is 11.3 Å². The fourth-order valence-corrected chi connectivity index (χ4v) is 3.79. The molecule has 1 saturated heterocycles. The van der Waals surface area contributed by atoms with Gasteiger partial charge in [0.05, 0.1) is 12.1 Å². The van der Waals surface area contributed by atoms with Crippen molar-refractivity contribution in [2.75, 3.05) is 13.1 Å². The van der Waals surface area contributed by atoms with Crippen LogP contribution in [0.5, 0.6) is 5.75 Å². The molecule has 27 heavy (non-hydrogen) atoms. The Morgan fingerprint density at radius 2 is 2.04 bits per heavy atom. The third kappa shape index (κ3) is 3.67. The third-order valence-electron chi connectivity index (χ3n) is 5.32. The van der Waals surface area contributed by atoms with Crippen LogP contribution >= 0.6 is 0 Å². The predicted octanol–water partition coefficient (Wildman–Crippen LogP) is 1.93. The minimum Gasteiger partial charge on any atom is -0.490 e. The van der Waals surface area contributed by atoms with Gasteiger partial charge in [0.15, 0.2) is 5.76 Å². The van der Waals surface area contributed by atoms with E-state index in [0.29, 0.717) is 37.4 Å². The minimum atomic E-state index is -0.280. The molecule has 0 radical (unpaired) electrons. The van der Waals surface area contributed by atoms with Crippen LogP contribution in [0, 0.1) is 5.92 Å². The van der Waals surface area contributed by atoms with E-state index in [2.05, 4.69) is 11.2 Å². The highest BCUT2D eigenvalue weighted by Gasteiger charge is 2.26. The number of carbonyl (C=O) groups excluding carboxylic acids is 2. The van der Waals surface area contributed by atoms with Crippen molar-refractivity contribution in [1.29, 1.82) is 0 Å². The van der Waals surface area contributed by atoms with Crippen LogP contribution in [-0.2, 0) is 22.4 Å². The maximum absolute atomic E-state index is 12.5. The number of hydrogen-bond donors (Lipinski definition) is 1. The summed E-state index contributed by atoms with van der Waals surface area (Å²) in [7, 11) is 0.